The first kappa shape index (κ1) is 10.4. The van der Waals surface area contributed by atoms with E-state index in [0.29, 0.717) is 17.9 Å². The highest BCUT2D eigenvalue weighted by Gasteiger charge is 2.14. The molecule has 0 atom stereocenters. The molecule has 2 rings (SSSR count). The molecule has 82 valence electrons. The van der Waals surface area contributed by atoms with E-state index >= 15 is 0 Å². The number of hydrogen-bond donors (Lipinski definition) is 1. The Bertz CT molecular complexity index is 505. The Morgan fingerprint density at radius 3 is 2.75 bits per heavy atom. The van der Waals surface area contributed by atoms with Crippen LogP contribution in [0.25, 0.3) is 11.4 Å². The summed E-state index contributed by atoms with van der Waals surface area (Å²) in [5.74, 6) is -0.975. The topological polar surface area (TPSA) is 68.0 Å². The second-order valence-electron chi connectivity index (χ2n) is 3.25. The van der Waals surface area contributed by atoms with Crippen LogP contribution in [0.15, 0.2) is 30.5 Å². The van der Waals surface area contributed by atoms with Crippen LogP contribution in [0.2, 0.25) is 0 Å². The zero-order chi connectivity index (χ0) is 11.5. The molecule has 0 amide bonds. The van der Waals surface area contributed by atoms with Crippen LogP contribution in [-0.2, 0) is 6.54 Å². The largest absolute Gasteiger partial charge is 0.477 e. The maximum Gasteiger partial charge on any atom is 0.354 e. The van der Waals surface area contributed by atoms with E-state index in [0.717, 1.165) is 0 Å². The van der Waals surface area contributed by atoms with Crippen molar-refractivity contribution in [3.63, 3.8) is 0 Å². The summed E-state index contributed by atoms with van der Waals surface area (Å²) in [6.45, 7) is 2.37. The monoisotopic (exact) mass is 217 g/mol. The van der Waals surface area contributed by atoms with Crippen LogP contribution in [0.5, 0.6) is 0 Å². The minimum Gasteiger partial charge on any atom is -0.477 e. The fourth-order valence-electron chi connectivity index (χ4n) is 1.47. The molecule has 0 spiro atoms. The number of aryl methyl sites for hydroxylation is 1. The molecule has 0 aliphatic carbocycles. The maximum atomic E-state index is 10.9. The van der Waals surface area contributed by atoms with Gasteiger partial charge in [-0.15, -0.1) is 0 Å². The van der Waals surface area contributed by atoms with Crippen molar-refractivity contribution in [1.29, 1.82) is 0 Å². The van der Waals surface area contributed by atoms with Crippen LogP contribution in [-0.4, -0.2) is 25.8 Å². The fourth-order valence-corrected chi connectivity index (χ4v) is 1.47. The molecular weight excluding hydrogens is 206 g/mol. The molecule has 0 aliphatic heterocycles. The fraction of sp³-hybridized carbons (Fsp3) is 0.182. The van der Waals surface area contributed by atoms with Crippen LogP contribution in [0.1, 0.15) is 17.4 Å². The van der Waals surface area contributed by atoms with Crippen molar-refractivity contribution in [1.82, 2.24) is 14.8 Å². The van der Waals surface area contributed by atoms with Crippen molar-refractivity contribution >= 4 is 5.97 Å². The Balaban J connectivity index is 2.48. The minimum absolute atomic E-state index is 0.183. The first-order valence-corrected chi connectivity index (χ1v) is 4.95. The second-order valence-corrected chi connectivity index (χ2v) is 3.25. The first-order chi connectivity index (χ1) is 7.72. The average Bonchev–Trinajstić information content (AvgIpc) is 2.74. The van der Waals surface area contributed by atoms with Crippen molar-refractivity contribution in [2.75, 3.05) is 0 Å². The number of aromatic carboxylic acids is 1. The van der Waals surface area contributed by atoms with Gasteiger partial charge in [-0.1, -0.05) is 6.07 Å². The molecule has 5 heteroatoms. The predicted molar refractivity (Wildman–Crippen MR) is 58.1 cm³/mol. The van der Waals surface area contributed by atoms with E-state index < -0.39 is 5.97 Å². The average molecular weight is 217 g/mol. The van der Waals surface area contributed by atoms with Crippen molar-refractivity contribution in [2.24, 2.45) is 0 Å². The lowest BCUT2D eigenvalue weighted by Crippen LogP contribution is -2.08. The van der Waals surface area contributed by atoms with Gasteiger partial charge in [0.15, 0.2) is 0 Å². The number of rotatable bonds is 3. The number of carbonyl (C=O) groups is 1. The lowest BCUT2D eigenvalue weighted by molar-refractivity contribution is 0.0683. The van der Waals surface area contributed by atoms with Crippen molar-refractivity contribution in [3.8, 4) is 11.4 Å². The Labute approximate surface area is 92.4 Å². The van der Waals surface area contributed by atoms with Crippen LogP contribution in [0.3, 0.4) is 0 Å². The zero-order valence-corrected chi connectivity index (χ0v) is 8.79. The van der Waals surface area contributed by atoms with Crippen molar-refractivity contribution in [3.05, 3.63) is 36.2 Å². The van der Waals surface area contributed by atoms with Gasteiger partial charge in [0, 0.05) is 18.8 Å². The summed E-state index contributed by atoms with van der Waals surface area (Å²) >= 11 is 0. The number of carboxylic acids is 1. The quantitative estimate of drug-likeness (QED) is 0.849. The summed E-state index contributed by atoms with van der Waals surface area (Å²) in [7, 11) is 0. The molecule has 0 aromatic carbocycles. The first-order valence-electron chi connectivity index (χ1n) is 4.95. The van der Waals surface area contributed by atoms with Gasteiger partial charge in [-0.05, 0) is 19.1 Å². The van der Waals surface area contributed by atoms with E-state index in [1.54, 1.807) is 18.3 Å². The summed E-state index contributed by atoms with van der Waals surface area (Å²) in [6.07, 6.45) is 1.65. The number of aromatic nitrogens is 3. The van der Waals surface area contributed by atoms with Gasteiger partial charge in [-0.2, -0.15) is 5.10 Å². The van der Waals surface area contributed by atoms with E-state index in [1.165, 1.54) is 10.7 Å². The van der Waals surface area contributed by atoms with Crippen molar-refractivity contribution < 1.29 is 9.90 Å². The number of hydrogen-bond acceptors (Lipinski definition) is 3. The number of carboxylic acid groups (broad SMARTS) is 1. The van der Waals surface area contributed by atoms with Gasteiger partial charge < -0.3 is 5.11 Å². The van der Waals surface area contributed by atoms with Crippen molar-refractivity contribution in [2.45, 2.75) is 13.5 Å². The molecule has 16 heavy (non-hydrogen) atoms. The predicted octanol–water partition coefficient (Wildman–Crippen LogP) is 1.66. The molecule has 0 radical (unpaired) electrons. The second kappa shape index (κ2) is 4.14. The number of nitrogens with zero attached hydrogens (tertiary/aromatic N) is 3. The maximum absolute atomic E-state index is 10.9. The normalized spacial score (nSPS) is 10.3. The molecule has 0 bridgehead atoms. The van der Waals surface area contributed by atoms with Gasteiger partial charge in [0.05, 0.1) is 5.69 Å². The van der Waals surface area contributed by atoms with Crippen LogP contribution < -0.4 is 0 Å². The summed E-state index contributed by atoms with van der Waals surface area (Å²) in [6, 6.07) is 6.98. The molecule has 0 fully saturated rings. The van der Waals surface area contributed by atoms with E-state index in [9.17, 15) is 4.79 Å². The SMILES string of the molecule is CCn1nc(-c2ccccn2)cc1C(=O)O. The molecular formula is C11H11N3O2. The summed E-state index contributed by atoms with van der Waals surface area (Å²) in [5, 5.41) is 13.2. The molecule has 0 saturated heterocycles. The molecule has 0 aliphatic rings. The zero-order valence-electron chi connectivity index (χ0n) is 8.79. The van der Waals surface area contributed by atoms with Gasteiger partial charge in [-0.3, -0.25) is 9.67 Å². The smallest absolute Gasteiger partial charge is 0.354 e. The van der Waals surface area contributed by atoms with Crippen LogP contribution >= 0.6 is 0 Å². The molecule has 0 saturated carbocycles. The third-order valence-corrected chi connectivity index (χ3v) is 2.23. The summed E-state index contributed by atoms with van der Waals surface area (Å²) in [4.78, 5) is 15.1. The van der Waals surface area contributed by atoms with E-state index in [2.05, 4.69) is 10.1 Å². The van der Waals surface area contributed by atoms with Gasteiger partial charge >= 0.3 is 5.97 Å². The standard InChI is InChI=1S/C11H11N3O2/c1-2-14-10(11(15)16)7-9(13-14)8-5-3-4-6-12-8/h3-7H,2H2,1H3,(H,15,16). The Hall–Kier alpha value is -2.17. The molecule has 5 nitrogen and oxygen atoms in total. The van der Waals surface area contributed by atoms with E-state index in [-0.39, 0.29) is 5.69 Å². The molecule has 0 unspecified atom stereocenters. The molecule has 2 aromatic heterocycles. The lowest BCUT2D eigenvalue weighted by atomic mass is 10.2. The van der Waals surface area contributed by atoms with Gasteiger partial charge in [0.1, 0.15) is 11.4 Å². The van der Waals surface area contributed by atoms with Gasteiger partial charge in [0.25, 0.3) is 0 Å². The highest BCUT2D eigenvalue weighted by Crippen LogP contribution is 2.16. The molecule has 2 heterocycles. The third kappa shape index (κ3) is 1.79. The van der Waals surface area contributed by atoms with E-state index in [4.69, 9.17) is 5.11 Å². The highest BCUT2D eigenvalue weighted by atomic mass is 16.4. The summed E-state index contributed by atoms with van der Waals surface area (Å²) in [5.41, 5.74) is 1.44. The lowest BCUT2D eigenvalue weighted by Gasteiger charge is -1.97. The third-order valence-electron chi connectivity index (χ3n) is 2.23. The molecule has 2 aromatic rings. The van der Waals surface area contributed by atoms with Gasteiger partial charge in [-0.25, -0.2) is 4.79 Å². The Morgan fingerprint density at radius 1 is 1.44 bits per heavy atom. The minimum atomic E-state index is -0.975. The Morgan fingerprint density at radius 2 is 2.25 bits per heavy atom. The molecule has 1 N–H and O–H groups in total. The van der Waals surface area contributed by atoms with E-state index in [1.807, 2.05) is 13.0 Å². The van der Waals surface area contributed by atoms with Crippen LogP contribution in [0.4, 0.5) is 0 Å². The summed E-state index contributed by atoms with van der Waals surface area (Å²) < 4.78 is 1.45. The number of pyridine rings is 1. The highest BCUT2D eigenvalue weighted by molar-refractivity contribution is 5.87. The Kier molecular flexibility index (Phi) is 2.68. The van der Waals surface area contributed by atoms with Gasteiger partial charge in [0.2, 0.25) is 0 Å². The van der Waals surface area contributed by atoms with Crippen LogP contribution in [0, 0.1) is 0 Å².